The van der Waals surface area contributed by atoms with Crippen LogP contribution >= 0.6 is 11.6 Å². The molecule has 30 heavy (non-hydrogen) atoms. The number of halogens is 1. The maximum atomic E-state index is 13.6. The van der Waals surface area contributed by atoms with Crippen LogP contribution in [0.4, 0.5) is 0 Å². The van der Waals surface area contributed by atoms with Gasteiger partial charge in [-0.2, -0.15) is 13.5 Å². The lowest BCUT2D eigenvalue weighted by Crippen LogP contribution is -2.18. The lowest BCUT2D eigenvalue weighted by atomic mass is 9.91. The van der Waals surface area contributed by atoms with E-state index < -0.39 is 10.1 Å². The van der Waals surface area contributed by atoms with Crippen molar-refractivity contribution in [2.24, 2.45) is 0 Å². The minimum atomic E-state index is -3.83. The van der Waals surface area contributed by atoms with E-state index in [1.165, 1.54) is 4.68 Å². The second-order valence-corrected chi connectivity index (χ2v) is 9.57. The summed E-state index contributed by atoms with van der Waals surface area (Å²) in [7, 11) is -3.83. The maximum Gasteiger partial charge on any atom is 0.310 e. The van der Waals surface area contributed by atoms with Gasteiger partial charge < -0.3 is 4.18 Å². The molecule has 0 bridgehead atoms. The molecule has 164 valence electrons. The third-order valence-corrected chi connectivity index (χ3v) is 6.69. The van der Waals surface area contributed by atoms with Crippen LogP contribution in [-0.2, 0) is 16.7 Å². The number of benzene rings is 1. The molecule has 1 heterocycles. The Bertz CT molecular complexity index is 1110. The minimum absolute atomic E-state index is 0.0386. The van der Waals surface area contributed by atoms with Crippen LogP contribution in [0.15, 0.2) is 17.7 Å². The van der Waals surface area contributed by atoms with Crippen LogP contribution in [0, 0.1) is 13.8 Å². The van der Waals surface area contributed by atoms with Gasteiger partial charge in [-0.1, -0.05) is 24.1 Å². The Morgan fingerprint density at radius 3 is 2.30 bits per heavy atom. The number of nitrogens with zero attached hydrogens (tertiary/aromatic N) is 2. The van der Waals surface area contributed by atoms with E-state index in [9.17, 15) is 13.2 Å². The van der Waals surface area contributed by atoms with Gasteiger partial charge >= 0.3 is 10.1 Å². The van der Waals surface area contributed by atoms with Gasteiger partial charge in [-0.15, -0.1) is 0 Å². The molecule has 8 heteroatoms. The molecular formula is C22H29ClN2O4S. The lowest BCUT2D eigenvalue weighted by Gasteiger charge is -2.15. The summed E-state index contributed by atoms with van der Waals surface area (Å²) in [5.41, 5.74) is 4.64. The third kappa shape index (κ3) is 4.78. The summed E-state index contributed by atoms with van der Waals surface area (Å²) in [5.74, 6) is -0.521. The molecule has 0 unspecified atom stereocenters. The molecule has 6 nitrogen and oxygen atoms in total. The van der Waals surface area contributed by atoms with Gasteiger partial charge in [0.05, 0.1) is 11.4 Å². The number of allylic oxidation sites excluding steroid dienone is 2. The first kappa shape index (κ1) is 24.2. The average molecular weight is 453 g/mol. The molecule has 0 aliphatic rings. The Balaban J connectivity index is 2.70. The molecule has 0 fully saturated rings. The summed E-state index contributed by atoms with van der Waals surface area (Å²) in [6, 6.07) is 3.35. The van der Waals surface area contributed by atoms with Crippen molar-refractivity contribution in [1.82, 2.24) is 9.78 Å². The number of rotatable bonds is 8. The SMILES string of the molecule is CCCS(=O)(=O)Oc1c(C(=O)c2ccc(Cl)c(C(C)=C(C)C)c2C)c(C)nn1CC. The van der Waals surface area contributed by atoms with Gasteiger partial charge in [0.1, 0.15) is 5.56 Å². The van der Waals surface area contributed by atoms with Crippen LogP contribution < -0.4 is 4.18 Å². The van der Waals surface area contributed by atoms with Crippen molar-refractivity contribution < 1.29 is 17.4 Å². The number of aryl methyl sites for hydroxylation is 2. The molecule has 0 radical (unpaired) electrons. The maximum absolute atomic E-state index is 13.6. The van der Waals surface area contributed by atoms with Crippen LogP contribution in [0.1, 0.15) is 73.8 Å². The quantitative estimate of drug-likeness (QED) is 0.399. The topological polar surface area (TPSA) is 78.3 Å². The van der Waals surface area contributed by atoms with Gasteiger partial charge in [0.15, 0.2) is 0 Å². The van der Waals surface area contributed by atoms with Crippen molar-refractivity contribution in [2.45, 2.75) is 61.4 Å². The summed E-state index contributed by atoms with van der Waals surface area (Å²) in [6.07, 6.45) is 0.409. The number of aromatic nitrogens is 2. The highest BCUT2D eigenvalue weighted by Gasteiger charge is 2.29. The van der Waals surface area contributed by atoms with E-state index in [0.717, 1.165) is 22.3 Å². The van der Waals surface area contributed by atoms with Gasteiger partial charge in [-0.25, -0.2) is 4.68 Å². The number of hydrogen-bond acceptors (Lipinski definition) is 5. The Morgan fingerprint density at radius 2 is 1.77 bits per heavy atom. The fourth-order valence-electron chi connectivity index (χ4n) is 3.30. The first-order chi connectivity index (χ1) is 13.9. The van der Waals surface area contributed by atoms with Crippen molar-refractivity contribution in [2.75, 3.05) is 5.75 Å². The van der Waals surface area contributed by atoms with E-state index in [4.69, 9.17) is 15.8 Å². The van der Waals surface area contributed by atoms with Crippen molar-refractivity contribution >= 4 is 33.1 Å². The lowest BCUT2D eigenvalue weighted by molar-refractivity contribution is 0.103. The van der Waals surface area contributed by atoms with E-state index in [2.05, 4.69) is 5.10 Å². The zero-order valence-electron chi connectivity index (χ0n) is 18.6. The van der Waals surface area contributed by atoms with Crippen LogP contribution in [0.5, 0.6) is 5.88 Å². The Hall–Kier alpha value is -2.12. The highest BCUT2D eigenvalue weighted by atomic mass is 35.5. The number of hydrogen-bond donors (Lipinski definition) is 0. The van der Waals surface area contributed by atoms with Crippen LogP contribution in [-0.4, -0.2) is 29.7 Å². The standard InChI is InChI=1S/C22H29ClN2O4S/c1-8-12-30(27,28)29-22-20(16(7)24-25(22)9-2)21(26)17-10-11-18(23)19(15(17)6)14(5)13(3)4/h10-11H,8-9,12H2,1-7H3. The molecule has 0 N–H and O–H groups in total. The van der Waals surface area contributed by atoms with Crippen molar-refractivity contribution in [3.05, 3.63) is 50.7 Å². The van der Waals surface area contributed by atoms with Crippen molar-refractivity contribution in [3.63, 3.8) is 0 Å². The zero-order valence-corrected chi connectivity index (χ0v) is 20.2. The summed E-state index contributed by atoms with van der Waals surface area (Å²) >= 11 is 6.44. The van der Waals surface area contributed by atoms with Crippen molar-refractivity contribution in [1.29, 1.82) is 0 Å². The first-order valence-corrected chi connectivity index (χ1v) is 11.9. The molecule has 0 saturated carbocycles. The molecular weight excluding hydrogens is 424 g/mol. The molecule has 0 spiro atoms. The average Bonchev–Trinajstić information content (AvgIpc) is 2.95. The van der Waals surface area contributed by atoms with Gasteiger partial charge in [-0.05, 0) is 76.8 Å². The number of ketones is 1. The monoisotopic (exact) mass is 452 g/mol. The molecule has 0 atom stereocenters. The van der Waals surface area contributed by atoms with Crippen LogP contribution in [0.25, 0.3) is 5.57 Å². The molecule has 1 aromatic carbocycles. The summed E-state index contributed by atoms with van der Waals surface area (Å²) in [4.78, 5) is 13.6. The van der Waals surface area contributed by atoms with E-state index in [1.54, 1.807) is 26.0 Å². The molecule has 2 aromatic rings. The predicted molar refractivity (Wildman–Crippen MR) is 121 cm³/mol. The van der Waals surface area contributed by atoms with Crippen LogP contribution in [0.3, 0.4) is 0 Å². The van der Waals surface area contributed by atoms with Gasteiger partial charge in [0.25, 0.3) is 0 Å². The van der Waals surface area contributed by atoms with Crippen molar-refractivity contribution in [3.8, 4) is 5.88 Å². The normalized spacial score (nSPS) is 11.5. The van der Waals surface area contributed by atoms with E-state index in [-0.39, 0.29) is 23.0 Å². The molecule has 0 saturated heterocycles. The van der Waals surface area contributed by atoms with Gasteiger partial charge in [0, 0.05) is 17.1 Å². The number of carbonyl (C=O) groups is 1. The summed E-state index contributed by atoms with van der Waals surface area (Å²) < 4.78 is 31.4. The highest BCUT2D eigenvalue weighted by molar-refractivity contribution is 7.87. The van der Waals surface area contributed by atoms with E-state index in [0.29, 0.717) is 29.2 Å². The molecule has 0 aliphatic carbocycles. The molecule has 1 aromatic heterocycles. The molecule has 2 rings (SSSR count). The zero-order chi connectivity index (χ0) is 22.8. The largest absolute Gasteiger partial charge is 0.361 e. The number of carbonyl (C=O) groups excluding carboxylic acids is 1. The third-order valence-electron chi connectivity index (χ3n) is 5.05. The molecule has 0 aliphatic heterocycles. The molecule has 0 amide bonds. The fourth-order valence-corrected chi connectivity index (χ4v) is 4.64. The fraction of sp³-hybridized carbons (Fsp3) is 0.455. The van der Waals surface area contributed by atoms with Gasteiger partial charge in [-0.3, -0.25) is 4.79 Å². The smallest absolute Gasteiger partial charge is 0.310 e. The second-order valence-electron chi connectivity index (χ2n) is 7.48. The Kier molecular flexibility index (Phi) is 7.53. The van der Waals surface area contributed by atoms with E-state index in [1.807, 2.05) is 34.6 Å². The predicted octanol–water partition coefficient (Wildman–Crippen LogP) is 5.34. The highest BCUT2D eigenvalue weighted by Crippen LogP contribution is 2.34. The van der Waals surface area contributed by atoms with E-state index >= 15 is 0 Å². The van der Waals surface area contributed by atoms with Gasteiger partial charge in [0.2, 0.25) is 11.7 Å². The minimum Gasteiger partial charge on any atom is -0.361 e. The first-order valence-electron chi connectivity index (χ1n) is 9.92. The van der Waals surface area contributed by atoms with Crippen LogP contribution in [0.2, 0.25) is 5.02 Å². The Morgan fingerprint density at radius 1 is 1.13 bits per heavy atom. The summed E-state index contributed by atoms with van der Waals surface area (Å²) in [6.45, 7) is 13.4. The summed E-state index contributed by atoms with van der Waals surface area (Å²) in [5, 5.41) is 4.88. The Labute approximate surface area is 184 Å². The second kappa shape index (κ2) is 9.35.